The number of hydrogen-bond donors (Lipinski definition) is 2. The molecular formula is C14H14Cl2FN3. The van der Waals surface area contributed by atoms with Gasteiger partial charge in [-0.15, -0.1) is 0 Å². The lowest BCUT2D eigenvalue weighted by Gasteiger charge is -2.20. The minimum absolute atomic E-state index is 0.00424. The summed E-state index contributed by atoms with van der Waals surface area (Å²) >= 11 is 11.8. The van der Waals surface area contributed by atoms with E-state index in [1.807, 2.05) is 0 Å². The van der Waals surface area contributed by atoms with E-state index in [-0.39, 0.29) is 5.02 Å². The topological polar surface area (TPSA) is 54.7 Å². The Labute approximate surface area is 126 Å². The van der Waals surface area contributed by atoms with Crippen LogP contribution >= 0.6 is 23.2 Å². The summed E-state index contributed by atoms with van der Waals surface area (Å²) in [4.78, 5) is 7.51. The first-order valence-corrected chi connectivity index (χ1v) is 7.24. The van der Waals surface area contributed by atoms with Crippen LogP contribution in [0.25, 0.3) is 11.3 Å². The molecule has 0 spiro atoms. The van der Waals surface area contributed by atoms with Crippen LogP contribution in [-0.2, 0) is 5.54 Å². The Morgan fingerprint density at radius 1 is 1.20 bits per heavy atom. The minimum Gasteiger partial charge on any atom is -0.340 e. The van der Waals surface area contributed by atoms with Crippen molar-refractivity contribution in [1.82, 2.24) is 9.97 Å². The Kier molecular flexibility index (Phi) is 3.48. The summed E-state index contributed by atoms with van der Waals surface area (Å²) < 4.78 is 13.6. The number of halogens is 3. The molecule has 0 aliphatic heterocycles. The van der Waals surface area contributed by atoms with Crippen LogP contribution < -0.4 is 5.73 Å². The van der Waals surface area contributed by atoms with E-state index < -0.39 is 11.4 Å². The molecule has 1 fully saturated rings. The van der Waals surface area contributed by atoms with Crippen LogP contribution in [0.1, 0.15) is 31.5 Å². The molecule has 3 rings (SSSR count). The standard InChI is InChI=1S/C14H14Cl2FN3/c15-9-6-10(16)11(17)5-8(9)12-7-19-13(20-12)14(18)3-1-2-4-14/h5-7H,1-4,18H2,(H,19,20). The molecule has 1 aromatic carbocycles. The van der Waals surface area contributed by atoms with E-state index >= 15 is 0 Å². The van der Waals surface area contributed by atoms with Gasteiger partial charge in [0.15, 0.2) is 0 Å². The average molecular weight is 314 g/mol. The van der Waals surface area contributed by atoms with Crippen molar-refractivity contribution >= 4 is 23.2 Å². The van der Waals surface area contributed by atoms with Crippen LogP contribution in [0.3, 0.4) is 0 Å². The van der Waals surface area contributed by atoms with Crippen LogP contribution in [0.4, 0.5) is 4.39 Å². The number of imidazole rings is 1. The van der Waals surface area contributed by atoms with Gasteiger partial charge in [0, 0.05) is 5.56 Å². The summed E-state index contributed by atoms with van der Waals surface area (Å²) in [6.45, 7) is 0. The molecule has 0 bridgehead atoms. The van der Waals surface area contributed by atoms with Crippen molar-refractivity contribution in [3.8, 4) is 11.3 Å². The van der Waals surface area contributed by atoms with Crippen molar-refractivity contribution in [3.05, 3.63) is 40.0 Å². The fourth-order valence-corrected chi connectivity index (χ4v) is 3.17. The maximum absolute atomic E-state index is 13.6. The number of hydrogen-bond acceptors (Lipinski definition) is 2. The van der Waals surface area contributed by atoms with E-state index in [1.54, 1.807) is 6.20 Å². The quantitative estimate of drug-likeness (QED) is 0.814. The van der Waals surface area contributed by atoms with Crippen molar-refractivity contribution in [2.45, 2.75) is 31.2 Å². The number of aromatic nitrogens is 2. The molecule has 3 N–H and O–H groups in total. The smallest absolute Gasteiger partial charge is 0.142 e. The number of benzene rings is 1. The maximum Gasteiger partial charge on any atom is 0.142 e. The summed E-state index contributed by atoms with van der Waals surface area (Å²) in [5.41, 5.74) is 7.12. The highest BCUT2D eigenvalue weighted by Crippen LogP contribution is 2.37. The van der Waals surface area contributed by atoms with E-state index in [4.69, 9.17) is 28.9 Å². The molecule has 3 nitrogen and oxygen atoms in total. The highest BCUT2D eigenvalue weighted by atomic mass is 35.5. The molecule has 106 valence electrons. The van der Waals surface area contributed by atoms with Crippen LogP contribution in [-0.4, -0.2) is 9.97 Å². The largest absolute Gasteiger partial charge is 0.340 e. The predicted molar refractivity (Wildman–Crippen MR) is 78.3 cm³/mol. The lowest BCUT2D eigenvalue weighted by atomic mass is 9.99. The zero-order valence-corrected chi connectivity index (χ0v) is 12.2. The highest BCUT2D eigenvalue weighted by Gasteiger charge is 2.34. The zero-order valence-electron chi connectivity index (χ0n) is 10.7. The molecule has 0 atom stereocenters. The molecule has 0 radical (unpaired) electrons. The van der Waals surface area contributed by atoms with Crippen molar-refractivity contribution in [1.29, 1.82) is 0 Å². The van der Waals surface area contributed by atoms with Gasteiger partial charge in [0.1, 0.15) is 11.6 Å². The monoisotopic (exact) mass is 313 g/mol. The van der Waals surface area contributed by atoms with E-state index in [1.165, 1.54) is 12.1 Å². The lowest BCUT2D eigenvalue weighted by Crippen LogP contribution is -2.34. The highest BCUT2D eigenvalue weighted by molar-refractivity contribution is 6.36. The number of nitrogens with one attached hydrogen (secondary N) is 1. The number of rotatable bonds is 2. The molecule has 2 aromatic rings. The van der Waals surface area contributed by atoms with Gasteiger partial charge in [-0.25, -0.2) is 9.37 Å². The van der Waals surface area contributed by atoms with Gasteiger partial charge >= 0.3 is 0 Å². The maximum atomic E-state index is 13.6. The van der Waals surface area contributed by atoms with Crippen molar-refractivity contribution in [2.75, 3.05) is 0 Å². The number of nitrogens with two attached hydrogens (primary N) is 1. The summed E-state index contributed by atoms with van der Waals surface area (Å²) in [5, 5.41) is 0.383. The Bertz CT molecular complexity index is 648. The molecule has 0 amide bonds. The molecule has 20 heavy (non-hydrogen) atoms. The van der Waals surface area contributed by atoms with Gasteiger partial charge < -0.3 is 10.7 Å². The lowest BCUT2D eigenvalue weighted by molar-refractivity contribution is 0.436. The number of aromatic amines is 1. The van der Waals surface area contributed by atoms with E-state index in [0.717, 1.165) is 31.5 Å². The van der Waals surface area contributed by atoms with Gasteiger partial charge in [-0.2, -0.15) is 0 Å². The number of H-pyrrole nitrogens is 1. The molecule has 6 heteroatoms. The van der Waals surface area contributed by atoms with Gasteiger partial charge in [0.2, 0.25) is 0 Å². The molecule has 1 saturated carbocycles. The third-order valence-electron chi connectivity index (χ3n) is 3.84. The van der Waals surface area contributed by atoms with Gasteiger partial charge in [0.05, 0.1) is 27.5 Å². The molecule has 1 aliphatic rings. The van der Waals surface area contributed by atoms with Crippen LogP contribution in [0.5, 0.6) is 0 Å². The van der Waals surface area contributed by atoms with E-state index in [0.29, 0.717) is 16.3 Å². The minimum atomic E-state index is -0.509. The normalized spacial score (nSPS) is 17.6. The predicted octanol–water partition coefficient (Wildman–Crippen LogP) is 4.25. The molecule has 1 aliphatic carbocycles. The first-order valence-electron chi connectivity index (χ1n) is 6.49. The summed E-state index contributed by atoms with van der Waals surface area (Å²) in [6, 6.07) is 2.70. The second-order valence-corrected chi connectivity index (χ2v) is 6.07. The van der Waals surface area contributed by atoms with Crippen molar-refractivity contribution < 1.29 is 4.39 Å². The van der Waals surface area contributed by atoms with Crippen LogP contribution in [0.15, 0.2) is 18.3 Å². The van der Waals surface area contributed by atoms with E-state index in [9.17, 15) is 4.39 Å². The van der Waals surface area contributed by atoms with Gasteiger partial charge in [-0.1, -0.05) is 36.0 Å². The Hall–Kier alpha value is -1.10. The summed E-state index contributed by atoms with van der Waals surface area (Å²) in [7, 11) is 0. The molecule has 0 unspecified atom stereocenters. The molecule has 1 aromatic heterocycles. The van der Waals surface area contributed by atoms with E-state index in [2.05, 4.69) is 9.97 Å². The summed E-state index contributed by atoms with van der Waals surface area (Å²) in [5.74, 6) is 0.224. The Morgan fingerprint density at radius 2 is 1.90 bits per heavy atom. The van der Waals surface area contributed by atoms with Crippen LogP contribution in [0.2, 0.25) is 10.0 Å². The second-order valence-electron chi connectivity index (χ2n) is 5.25. The van der Waals surface area contributed by atoms with Crippen LogP contribution in [0, 0.1) is 5.82 Å². The first kappa shape index (κ1) is 13.9. The fourth-order valence-electron chi connectivity index (χ4n) is 2.68. The zero-order chi connectivity index (χ0) is 14.3. The fraction of sp³-hybridized carbons (Fsp3) is 0.357. The third kappa shape index (κ3) is 2.32. The van der Waals surface area contributed by atoms with Crippen molar-refractivity contribution in [3.63, 3.8) is 0 Å². The van der Waals surface area contributed by atoms with Gasteiger partial charge in [-0.05, 0) is 25.0 Å². The van der Waals surface area contributed by atoms with Gasteiger partial charge in [0.25, 0.3) is 0 Å². The number of nitrogens with zero attached hydrogens (tertiary/aromatic N) is 1. The van der Waals surface area contributed by atoms with Crippen molar-refractivity contribution in [2.24, 2.45) is 5.73 Å². The summed E-state index contributed by atoms with van der Waals surface area (Å²) in [6.07, 6.45) is 5.65. The molecule has 1 heterocycles. The molecule has 0 saturated heterocycles. The Morgan fingerprint density at radius 3 is 2.60 bits per heavy atom. The second kappa shape index (κ2) is 5.02. The average Bonchev–Trinajstić information content (AvgIpc) is 3.03. The molecular weight excluding hydrogens is 300 g/mol. The first-order chi connectivity index (χ1) is 9.49. The Balaban J connectivity index is 2.00. The SMILES string of the molecule is NC1(c2ncc(-c3cc(F)c(Cl)cc3Cl)[nH]2)CCCC1. The third-order valence-corrected chi connectivity index (χ3v) is 4.45. The van der Waals surface area contributed by atoms with Gasteiger partial charge in [-0.3, -0.25) is 0 Å².